The first-order chi connectivity index (χ1) is 12.6. The van der Waals surface area contributed by atoms with Crippen molar-refractivity contribution in [2.75, 3.05) is 36.8 Å². The second-order valence-corrected chi connectivity index (χ2v) is 8.38. The maximum absolute atomic E-state index is 12.3. The van der Waals surface area contributed by atoms with Crippen molar-refractivity contribution in [3.8, 4) is 5.82 Å². The lowest BCUT2D eigenvalue weighted by Gasteiger charge is -2.34. The van der Waals surface area contributed by atoms with Gasteiger partial charge in [-0.1, -0.05) is 0 Å². The van der Waals surface area contributed by atoms with E-state index in [0.717, 1.165) is 4.31 Å². The minimum Gasteiger partial charge on any atom is -0.354 e. The van der Waals surface area contributed by atoms with Crippen molar-refractivity contribution in [1.82, 2.24) is 18.8 Å². The summed E-state index contributed by atoms with van der Waals surface area (Å²) < 4.78 is 64.2. The molecule has 0 radical (unpaired) electrons. The van der Waals surface area contributed by atoms with Crippen LogP contribution in [0.25, 0.3) is 5.82 Å². The summed E-state index contributed by atoms with van der Waals surface area (Å²) in [6, 6.07) is 5.56. The molecule has 1 saturated heterocycles. The van der Waals surface area contributed by atoms with Gasteiger partial charge in [-0.15, -0.1) is 0 Å². The molecule has 0 atom stereocenters. The molecule has 0 amide bonds. The van der Waals surface area contributed by atoms with Crippen LogP contribution in [0, 0.1) is 6.92 Å². The normalized spacial score (nSPS) is 16.7. The summed E-state index contributed by atoms with van der Waals surface area (Å²) in [5, 5.41) is 0. The highest BCUT2D eigenvalue weighted by molar-refractivity contribution is 7.89. The predicted octanol–water partition coefficient (Wildman–Crippen LogP) is 1.98. The van der Waals surface area contributed by atoms with E-state index in [2.05, 4.69) is 9.97 Å². The molecule has 0 bridgehead atoms. The Labute approximate surface area is 155 Å². The van der Waals surface area contributed by atoms with Crippen molar-refractivity contribution in [2.45, 2.75) is 19.5 Å². The Hall–Kier alpha value is -2.14. The summed E-state index contributed by atoms with van der Waals surface area (Å²) in [5.74, 6) is 1.03. The number of halogens is 3. The Balaban J connectivity index is 1.67. The summed E-state index contributed by atoms with van der Waals surface area (Å²) in [6.07, 6.45) is -2.10. The average Bonchev–Trinajstić information content (AvgIpc) is 3.14. The molecule has 0 unspecified atom stereocenters. The monoisotopic (exact) mass is 403 g/mol. The van der Waals surface area contributed by atoms with Gasteiger partial charge in [0.05, 0.1) is 12.2 Å². The molecule has 0 N–H and O–H groups in total. The van der Waals surface area contributed by atoms with E-state index in [1.165, 1.54) is 0 Å². The highest BCUT2D eigenvalue weighted by atomic mass is 32.2. The van der Waals surface area contributed by atoms with Gasteiger partial charge < -0.3 is 9.47 Å². The summed E-state index contributed by atoms with van der Waals surface area (Å²) in [7, 11) is -3.92. The Bertz CT molecular complexity index is 876. The number of hydrogen-bond donors (Lipinski definition) is 0. The SMILES string of the molecule is Cc1nc(N2CCN(S(=O)(=O)CCC(F)(F)F)CC2)cc(-n2cccc2)n1. The maximum atomic E-state index is 12.3. The van der Waals surface area contributed by atoms with Gasteiger partial charge in [-0.25, -0.2) is 18.4 Å². The summed E-state index contributed by atoms with van der Waals surface area (Å²) >= 11 is 0. The lowest BCUT2D eigenvalue weighted by Crippen LogP contribution is -2.49. The Morgan fingerprint density at radius 3 is 2.22 bits per heavy atom. The Morgan fingerprint density at radius 1 is 1.04 bits per heavy atom. The predicted molar refractivity (Wildman–Crippen MR) is 94.3 cm³/mol. The number of alkyl halides is 3. The lowest BCUT2D eigenvalue weighted by atomic mass is 10.3. The molecule has 3 rings (SSSR count). The van der Waals surface area contributed by atoms with E-state index >= 15 is 0 Å². The minimum absolute atomic E-state index is 0.127. The van der Waals surface area contributed by atoms with E-state index in [-0.39, 0.29) is 13.1 Å². The molecule has 11 heteroatoms. The maximum Gasteiger partial charge on any atom is 0.390 e. The van der Waals surface area contributed by atoms with Gasteiger partial charge in [-0.2, -0.15) is 17.5 Å². The zero-order valence-electron chi connectivity index (χ0n) is 14.7. The van der Waals surface area contributed by atoms with E-state index in [0.29, 0.717) is 30.5 Å². The van der Waals surface area contributed by atoms with Crippen molar-refractivity contribution < 1.29 is 21.6 Å². The second-order valence-electron chi connectivity index (χ2n) is 6.29. The number of nitrogens with zero attached hydrogens (tertiary/aromatic N) is 5. The van der Waals surface area contributed by atoms with Crippen LogP contribution in [-0.4, -0.2) is 65.4 Å². The molecular formula is C16H20F3N5O2S. The molecule has 0 aliphatic carbocycles. The first-order valence-electron chi connectivity index (χ1n) is 8.43. The van der Waals surface area contributed by atoms with Crippen molar-refractivity contribution >= 4 is 15.8 Å². The number of anilines is 1. The fraction of sp³-hybridized carbons (Fsp3) is 0.500. The third-order valence-corrected chi connectivity index (χ3v) is 6.15. The van der Waals surface area contributed by atoms with Gasteiger partial charge in [0.15, 0.2) is 0 Å². The van der Waals surface area contributed by atoms with Gasteiger partial charge in [0.1, 0.15) is 17.5 Å². The van der Waals surface area contributed by atoms with Crippen LogP contribution in [0.15, 0.2) is 30.6 Å². The van der Waals surface area contributed by atoms with Crippen molar-refractivity contribution in [3.63, 3.8) is 0 Å². The third kappa shape index (κ3) is 4.98. The molecule has 27 heavy (non-hydrogen) atoms. The van der Waals surface area contributed by atoms with Gasteiger partial charge in [0.2, 0.25) is 10.0 Å². The number of sulfonamides is 1. The first kappa shape index (κ1) is 19.6. The number of hydrogen-bond acceptors (Lipinski definition) is 5. The summed E-state index contributed by atoms with van der Waals surface area (Å²) in [5.41, 5.74) is 0. The first-order valence-corrected chi connectivity index (χ1v) is 10.0. The highest BCUT2D eigenvalue weighted by Crippen LogP contribution is 2.23. The van der Waals surface area contributed by atoms with E-state index in [4.69, 9.17) is 0 Å². The van der Waals surface area contributed by atoms with Gasteiger partial charge >= 0.3 is 6.18 Å². The molecule has 1 aliphatic rings. The van der Waals surface area contributed by atoms with Crippen LogP contribution < -0.4 is 4.90 Å². The molecular weight excluding hydrogens is 383 g/mol. The largest absolute Gasteiger partial charge is 0.390 e. The molecule has 0 aromatic carbocycles. The van der Waals surface area contributed by atoms with E-state index in [9.17, 15) is 21.6 Å². The van der Waals surface area contributed by atoms with Crippen molar-refractivity contribution in [1.29, 1.82) is 0 Å². The van der Waals surface area contributed by atoms with Crippen LogP contribution in [-0.2, 0) is 10.0 Å². The fourth-order valence-electron chi connectivity index (χ4n) is 2.89. The Kier molecular flexibility index (Phi) is 5.43. The van der Waals surface area contributed by atoms with Crippen LogP contribution >= 0.6 is 0 Å². The van der Waals surface area contributed by atoms with Crippen LogP contribution in [0.3, 0.4) is 0 Å². The summed E-state index contributed by atoms with van der Waals surface area (Å²) in [6.45, 7) is 2.73. The van der Waals surface area contributed by atoms with Crippen LogP contribution in [0.5, 0.6) is 0 Å². The smallest absolute Gasteiger partial charge is 0.354 e. The van der Waals surface area contributed by atoms with Crippen molar-refractivity contribution in [3.05, 3.63) is 36.4 Å². The average molecular weight is 403 g/mol. The van der Waals surface area contributed by atoms with Crippen molar-refractivity contribution in [2.24, 2.45) is 0 Å². The van der Waals surface area contributed by atoms with E-state index in [1.54, 1.807) is 13.0 Å². The van der Waals surface area contributed by atoms with Crippen LogP contribution in [0.2, 0.25) is 0 Å². The van der Waals surface area contributed by atoms with Crippen LogP contribution in [0.1, 0.15) is 12.2 Å². The quantitative estimate of drug-likeness (QED) is 0.764. The number of piperazine rings is 1. The number of aromatic nitrogens is 3. The van der Waals surface area contributed by atoms with E-state index < -0.39 is 28.4 Å². The number of rotatable bonds is 5. The molecule has 148 valence electrons. The van der Waals surface area contributed by atoms with Gasteiger partial charge in [-0.05, 0) is 19.1 Å². The topological polar surface area (TPSA) is 71.3 Å². The molecule has 2 aromatic heterocycles. The molecule has 1 fully saturated rings. The summed E-state index contributed by atoms with van der Waals surface area (Å²) in [4.78, 5) is 10.7. The molecule has 3 heterocycles. The molecule has 2 aromatic rings. The minimum atomic E-state index is -4.48. The lowest BCUT2D eigenvalue weighted by molar-refractivity contribution is -0.130. The highest BCUT2D eigenvalue weighted by Gasteiger charge is 2.33. The molecule has 0 saturated carbocycles. The fourth-order valence-corrected chi connectivity index (χ4v) is 4.35. The number of aryl methyl sites for hydroxylation is 1. The second kappa shape index (κ2) is 7.47. The van der Waals surface area contributed by atoms with Crippen LogP contribution in [0.4, 0.5) is 19.0 Å². The standard InChI is InChI=1S/C16H20F3N5O2S/c1-13-20-14(22-5-2-3-6-22)12-15(21-13)23-7-9-24(10-8-23)27(25,26)11-4-16(17,18)19/h2-3,5-6,12H,4,7-11H2,1H3. The van der Waals surface area contributed by atoms with Gasteiger partial charge in [0, 0.05) is 44.6 Å². The molecule has 7 nitrogen and oxygen atoms in total. The van der Waals surface area contributed by atoms with E-state index in [1.807, 2.05) is 34.0 Å². The molecule has 1 aliphatic heterocycles. The zero-order valence-corrected chi connectivity index (χ0v) is 15.5. The third-order valence-electron chi connectivity index (χ3n) is 4.28. The Morgan fingerprint density at radius 2 is 1.63 bits per heavy atom. The zero-order chi connectivity index (χ0) is 19.7. The van der Waals surface area contributed by atoms with Gasteiger partial charge in [0.25, 0.3) is 0 Å². The van der Waals surface area contributed by atoms with Gasteiger partial charge in [-0.3, -0.25) is 0 Å². The molecule has 0 spiro atoms.